The fourth-order valence-corrected chi connectivity index (χ4v) is 3.00. The van der Waals surface area contributed by atoms with Gasteiger partial charge in [0.1, 0.15) is 0 Å². The van der Waals surface area contributed by atoms with Gasteiger partial charge >= 0.3 is 0 Å². The summed E-state index contributed by atoms with van der Waals surface area (Å²) in [5.41, 5.74) is 6.82. The van der Waals surface area contributed by atoms with Gasteiger partial charge in [0.2, 0.25) is 0 Å². The summed E-state index contributed by atoms with van der Waals surface area (Å²) >= 11 is 8.08. The molecular formula is C13H20ClNS. The Morgan fingerprint density at radius 2 is 2.19 bits per heavy atom. The van der Waals surface area contributed by atoms with Gasteiger partial charge in [0.25, 0.3) is 0 Å². The summed E-state index contributed by atoms with van der Waals surface area (Å²) in [6.07, 6.45) is 2.09. The zero-order chi connectivity index (χ0) is 12.0. The maximum atomic E-state index is 6.19. The van der Waals surface area contributed by atoms with Crippen molar-refractivity contribution in [1.82, 2.24) is 0 Å². The number of halogens is 1. The molecule has 1 atom stereocenters. The molecule has 0 aromatic heterocycles. The van der Waals surface area contributed by atoms with E-state index in [4.69, 9.17) is 17.3 Å². The number of rotatable bonds is 6. The zero-order valence-electron chi connectivity index (χ0n) is 10.0. The molecule has 0 aliphatic rings. The number of nitrogens with two attached hydrogens (primary N) is 1. The molecule has 0 saturated carbocycles. The lowest BCUT2D eigenvalue weighted by Crippen LogP contribution is -2.05. The van der Waals surface area contributed by atoms with Crippen LogP contribution >= 0.6 is 23.4 Å². The van der Waals surface area contributed by atoms with Gasteiger partial charge in [-0.15, -0.1) is 11.8 Å². The molecule has 0 saturated heterocycles. The van der Waals surface area contributed by atoms with Crippen molar-refractivity contribution in [3.05, 3.63) is 28.8 Å². The molecule has 0 fully saturated rings. The Morgan fingerprint density at radius 1 is 1.44 bits per heavy atom. The molecule has 1 aromatic rings. The Labute approximate surface area is 108 Å². The van der Waals surface area contributed by atoms with Gasteiger partial charge in [0, 0.05) is 15.7 Å². The van der Waals surface area contributed by atoms with E-state index in [1.807, 2.05) is 23.9 Å². The van der Waals surface area contributed by atoms with E-state index in [0.717, 1.165) is 23.1 Å². The van der Waals surface area contributed by atoms with Crippen molar-refractivity contribution in [2.45, 2.75) is 31.6 Å². The van der Waals surface area contributed by atoms with Crippen molar-refractivity contribution in [2.75, 3.05) is 12.3 Å². The van der Waals surface area contributed by atoms with Crippen LogP contribution < -0.4 is 5.73 Å². The molecule has 2 N–H and O–H groups in total. The minimum absolute atomic E-state index is 0.653. The lowest BCUT2D eigenvalue weighted by molar-refractivity contribution is 0.637. The van der Waals surface area contributed by atoms with E-state index in [-0.39, 0.29) is 0 Å². The minimum atomic E-state index is 0.653. The van der Waals surface area contributed by atoms with Crippen molar-refractivity contribution in [2.24, 2.45) is 11.7 Å². The van der Waals surface area contributed by atoms with Crippen LogP contribution in [-0.2, 0) is 6.42 Å². The van der Waals surface area contributed by atoms with Crippen LogP contribution in [0.25, 0.3) is 0 Å². The monoisotopic (exact) mass is 257 g/mol. The summed E-state index contributed by atoms with van der Waals surface area (Å²) < 4.78 is 0. The fraction of sp³-hybridized carbons (Fsp3) is 0.538. The average Bonchev–Trinajstić information content (AvgIpc) is 2.29. The van der Waals surface area contributed by atoms with E-state index >= 15 is 0 Å². The van der Waals surface area contributed by atoms with Gasteiger partial charge in [0.05, 0.1) is 0 Å². The van der Waals surface area contributed by atoms with Gasteiger partial charge in [-0.05, 0) is 36.6 Å². The first-order valence-corrected chi connectivity index (χ1v) is 7.15. The number of thioether (sulfide) groups is 1. The van der Waals surface area contributed by atoms with Crippen LogP contribution in [0, 0.1) is 5.92 Å². The van der Waals surface area contributed by atoms with Gasteiger partial charge in [-0.1, -0.05) is 37.9 Å². The molecule has 0 aliphatic carbocycles. The Hall–Kier alpha value is -0.180. The molecule has 0 heterocycles. The molecule has 16 heavy (non-hydrogen) atoms. The Balaban J connectivity index is 2.74. The van der Waals surface area contributed by atoms with Crippen LogP contribution in [0.2, 0.25) is 5.02 Å². The summed E-state index contributed by atoms with van der Waals surface area (Å²) in [4.78, 5) is 1.29. The van der Waals surface area contributed by atoms with Gasteiger partial charge in [-0.2, -0.15) is 0 Å². The van der Waals surface area contributed by atoms with Crippen molar-refractivity contribution in [3.63, 3.8) is 0 Å². The maximum Gasteiger partial charge on any atom is 0.0449 e. The average molecular weight is 258 g/mol. The van der Waals surface area contributed by atoms with Crippen LogP contribution in [0.4, 0.5) is 0 Å². The van der Waals surface area contributed by atoms with Crippen LogP contribution in [0.3, 0.4) is 0 Å². The lowest BCUT2D eigenvalue weighted by atomic mass is 10.1. The first-order valence-electron chi connectivity index (χ1n) is 5.79. The maximum absolute atomic E-state index is 6.19. The van der Waals surface area contributed by atoms with Crippen LogP contribution in [-0.4, -0.2) is 12.3 Å². The van der Waals surface area contributed by atoms with E-state index in [0.29, 0.717) is 6.54 Å². The molecular weight excluding hydrogens is 238 g/mol. The topological polar surface area (TPSA) is 26.0 Å². The molecule has 90 valence electrons. The number of benzene rings is 1. The highest BCUT2D eigenvalue weighted by Crippen LogP contribution is 2.30. The number of hydrogen-bond acceptors (Lipinski definition) is 2. The third-order valence-corrected chi connectivity index (χ3v) is 4.47. The second kappa shape index (κ2) is 7.21. The summed E-state index contributed by atoms with van der Waals surface area (Å²) in [5.74, 6) is 1.89. The van der Waals surface area contributed by atoms with Gasteiger partial charge in [0.15, 0.2) is 0 Å². The quantitative estimate of drug-likeness (QED) is 0.781. The highest BCUT2D eigenvalue weighted by molar-refractivity contribution is 7.99. The van der Waals surface area contributed by atoms with Crippen LogP contribution in [0.1, 0.15) is 25.8 Å². The predicted octanol–water partition coefficient (Wildman–Crippen LogP) is 3.98. The molecule has 0 bridgehead atoms. The lowest BCUT2D eigenvalue weighted by Gasteiger charge is -2.12. The second-order valence-corrected chi connectivity index (χ2v) is 5.55. The molecule has 3 heteroatoms. The van der Waals surface area contributed by atoms with Crippen molar-refractivity contribution >= 4 is 23.4 Å². The molecule has 1 unspecified atom stereocenters. The SMILES string of the molecule is CCC(C)CSc1cccc(Cl)c1CCN. The van der Waals surface area contributed by atoms with Gasteiger partial charge in [-0.25, -0.2) is 0 Å². The molecule has 0 spiro atoms. The van der Waals surface area contributed by atoms with Gasteiger partial charge < -0.3 is 5.73 Å². The van der Waals surface area contributed by atoms with E-state index < -0.39 is 0 Å². The second-order valence-electron chi connectivity index (χ2n) is 4.08. The summed E-state index contributed by atoms with van der Waals surface area (Å²) in [6, 6.07) is 6.10. The van der Waals surface area contributed by atoms with Crippen LogP contribution in [0.15, 0.2) is 23.1 Å². The Kier molecular flexibility index (Phi) is 6.25. The van der Waals surface area contributed by atoms with Crippen molar-refractivity contribution < 1.29 is 0 Å². The van der Waals surface area contributed by atoms with Gasteiger partial charge in [-0.3, -0.25) is 0 Å². The van der Waals surface area contributed by atoms with Crippen molar-refractivity contribution in [3.8, 4) is 0 Å². The smallest absolute Gasteiger partial charge is 0.0449 e. The molecule has 1 nitrogen and oxygen atoms in total. The van der Waals surface area contributed by atoms with E-state index in [1.54, 1.807) is 0 Å². The minimum Gasteiger partial charge on any atom is -0.330 e. The highest BCUT2D eigenvalue weighted by Gasteiger charge is 2.08. The summed E-state index contributed by atoms with van der Waals surface area (Å²) in [6.45, 7) is 5.16. The first-order chi connectivity index (χ1) is 7.69. The normalized spacial score (nSPS) is 12.8. The fourth-order valence-electron chi connectivity index (χ4n) is 1.41. The summed E-state index contributed by atoms with van der Waals surface area (Å²) in [7, 11) is 0. The third kappa shape index (κ3) is 4.00. The van der Waals surface area contributed by atoms with E-state index in [2.05, 4.69) is 19.9 Å². The van der Waals surface area contributed by atoms with Crippen molar-refractivity contribution in [1.29, 1.82) is 0 Å². The Bertz CT molecular complexity index is 328. The molecule has 1 rings (SSSR count). The van der Waals surface area contributed by atoms with Crippen LogP contribution in [0.5, 0.6) is 0 Å². The zero-order valence-corrected chi connectivity index (χ0v) is 11.6. The largest absolute Gasteiger partial charge is 0.330 e. The predicted molar refractivity (Wildman–Crippen MR) is 74.4 cm³/mol. The molecule has 1 aromatic carbocycles. The highest BCUT2D eigenvalue weighted by atomic mass is 35.5. The van der Waals surface area contributed by atoms with E-state index in [9.17, 15) is 0 Å². The first kappa shape index (κ1) is 13.9. The summed E-state index contributed by atoms with van der Waals surface area (Å²) in [5, 5.41) is 0.847. The molecule has 0 amide bonds. The Morgan fingerprint density at radius 3 is 2.81 bits per heavy atom. The molecule has 0 radical (unpaired) electrons. The number of hydrogen-bond donors (Lipinski definition) is 1. The third-order valence-electron chi connectivity index (χ3n) is 2.69. The molecule has 0 aliphatic heterocycles. The standard InChI is InChI=1S/C13H20ClNS/c1-3-10(2)9-16-13-6-4-5-12(14)11(13)7-8-15/h4-6,10H,3,7-9,15H2,1-2H3. The van der Waals surface area contributed by atoms with E-state index in [1.165, 1.54) is 16.9 Å².